The number of esters is 3. The van der Waals surface area contributed by atoms with E-state index in [4.69, 9.17) is 32.3 Å². The van der Waals surface area contributed by atoms with E-state index >= 15 is 0 Å². The van der Waals surface area contributed by atoms with E-state index in [-0.39, 0.29) is 19.3 Å². The molecule has 5 unspecified atom stereocenters. The molecule has 0 aliphatic rings. The van der Waals surface area contributed by atoms with Gasteiger partial charge < -0.3 is 34.2 Å². The summed E-state index contributed by atoms with van der Waals surface area (Å²) in [6.45, 7) is 2.44. The van der Waals surface area contributed by atoms with E-state index in [1.54, 1.807) is 0 Å². The van der Waals surface area contributed by atoms with Gasteiger partial charge >= 0.3 is 33.6 Å². The Hall–Kier alpha value is -5.09. The van der Waals surface area contributed by atoms with Crippen molar-refractivity contribution in [3.8, 4) is 0 Å². The van der Waals surface area contributed by atoms with Crippen molar-refractivity contribution in [3.63, 3.8) is 0 Å². The molecule has 0 spiro atoms. The van der Waals surface area contributed by atoms with Crippen LogP contribution in [0.25, 0.3) is 0 Å². The van der Waals surface area contributed by atoms with Crippen molar-refractivity contribution in [1.29, 1.82) is 0 Å². The smallest absolute Gasteiger partial charge is 0.463 e. The largest absolute Gasteiger partial charge is 0.472 e. The first-order valence-electron chi connectivity index (χ1n) is 46.4. The summed E-state index contributed by atoms with van der Waals surface area (Å²) < 4.78 is 61.5. The molecule has 0 saturated carbocycles. The van der Waals surface area contributed by atoms with E-state index in [1.165, 1.54) is 128 Å². The topological polar surface area (TPSA) is 231 Å². The third kappa shape index (κ3) is 91.5. The molecule has 16 nitrogen and oxygen atoms in total. The molecule has 0 aliphatic carbocycles. The summed E-state index contributed by atoms with van der Waals surface area (Å²) in [6, 6.07) is 0. The molecule has 0 heterocycles. The molecule has 0 aromatic rings. The fraction of sp³-hybridized carbons (Fsp3) is 0.687. The number of hydrogen-bond donors (Lipinski definition) is 4. The number of phosphoric acid groups is 2. The Morgan fingerprint density at radius 3 is 0.718 bits per heavy atom. The zero-order valence-corrected chi connectivity index (χ0v) is 75.6. The number of carbonyl (C=O) groups is 3. The van der Waals surface area contributed by atoms with Crippen LogP contribution in [0.4, 0.5) is 0 Å². The average molecular weight is 1680 g/mol. The number of carbonyl (C=O) groups excluding carboxylic acids is 3. The number of ether oxygens (including phenoxy) is 3. The minimum Gasteiger partial charge on any atom is -0.463 e. The Labute approximate surface area is 713 Å². The monoisotopic (exact) mass is 1680 g/mol. The van der Waals surface area contributed by atoms with Crippen LogP contribution in [0.2, 0.25) is 0 Å². The van der Waals surface area contributed by atoms with Crippen molar-refractivity contribution in [2.24, 2.45) is 0 Å². The Balaban J connectivity index is 4.52. The number of hydrogen-bond acceptors (Lipinski definition) is 14. The number of rotatable bonds is 87. The van der Waals surface area contributed by atoms with Crippen molar-refractivity contribution in [1.82, 2.24) is 0 Å². The molecule has 0 fully saturated rings. The normalized spacial score (nSPS) is 14.6. The van der Waals surface area contributed by atoms with Gasteiger partial charge in [0, 0.05) is 19.3 Å². The second-order valence-corrected chi connectivity index (χ2v) is 33.6. The van der Waals surface area contributed by atoms with Gasteiger partial charge in [-0.1, -0.05) is 377 Å². The first kappa shape index (κ1) is 112. The van der Waals surface area contributed by atoms with Crippen LogP contribution in [0.3, 0.4) is 0 Å². The Bertz CT molecular complexity index is 2810. The molecule has 0 aromatic heterocycles. The highest BCUT2D eigenvalue weighted by atomic mass is 31.2. The third-order valence-electron chi connectivity index (χ3n) is 19.4. The van der Waals surface area contributed by atoms with E-state index in [2.05, 4.69) is 191 Å². The standard InChI is InChI=1S/C99H168O16P2/c1-4-7-10-13-16-19-22-25-28-31-34-36-38-40-42-43-44-45-46-47-48-49-51-53-54-56-59-61-64-67-70-73-76-79-82-85-97(102)109-88-94(100)89-111-116(105,106)112-90-95(101)91-113-117(107,108)114-93-96(115-99(104)87-84-81-78-75-72-69-66-63-58-33-30-27-24-21-18-15-12-9-6-3)92-110-98(103)86-83-80-77-74-71-68-65-62-60-57-55-52-50-41-39-37-35-32-29-26-23-20-17-14-11-8-5-2/h7-8,10-11,16-21,25-30,34-37,40-42,50,55,57-58,63,94-96,100-101H,4-6,9,12-15,22-24,31-33,38-39,43-49,51-54,56,59-62,64-93H2,1-3H3,(H,105,106)(H,107,108)/b10-7-,11-8-,19-16-,20-17-,21-18-,28-25-,29-26-,30-27-,36-34-,37-35-,42-40-,50-41-,57-55-,63-58-. The van der Waals surface area contributed by atoms with Gasteiger partial charge in [0.15, 0.2) is 6.10 Å². The lowest BCUT2D eigenvalue weighted by Gasteiger charge is -2.21. The second kappa shape index (κ2) is 90.2. The summed E-state index contributed by atoms with van der Waals surface area (Å²) in [4.78, 5) is 59.0. The lowest BCUT2D eigenvalue weighted by Crippen LogP contribution is -2.30. The van der Waals surface area contributed by atoms with Gasteiger partial charge in [0.1, 0.15) is 25.4 Å². The summed E-state index contributed by atoms with van der Waals surface area (Å²) in [7, 11) is -9.82. The lowest BCUT2D eigenvalue weighted by atomic mass is 10.0. The molecule has 0 aromatic carbocycles. The average Bonchev–Trinajstić information content (AvgIpc) is 1.00. The zero-order valence-electron chi connectivity index (χ0n) is 73.8. The van der Waals surface area contributed by atoms with Gasteiger partial charge in [-0.25, -0.2) is 9.13 Å². The first-order chi connectivity index (χ1) is 57.2. The Morgan fingerprint density at radius 2 is 0.453 bits per heavy atom. The molecule has 0 bridgehead atoms. The van der Waals surface area contributed by atoms with Crippen molar-refractivity contribution < 1.29 is 75.8 Å². The Morgan fingerprint density at radius 1 is 0.248 bits per heavy atom. The molecule has 5 atom stereocenters. The number of unbranched alkanes of at least 4 members (excludes halogenated alkanes) is 36. The van der Waals surface area contributed by atoms with Crippen LogP contribution in [0, 0.1) is 0 Å². The molecular weight excluding hydrogens is 1510 g/mol. The van der Waals surface area contributed by atoms with Gasteiger partial charge in [0.25, 0.3) is 0 Å². The molecular formula is C99H168O16P2. The predicted molar refractivity (Wildman–Crippen MR) is 491 cm³/mol. The molecule has 18 heteroatoms. The van der Waals surface area contributed by atoms with E-state index < -0.39 is 91.5 Å². The first-order valence-corrected chi connectivity index (χ1v) is 49.4. The maximum absolute atomic E-state index is 13.0. The fourth-order valence-electron chi connectivity index (χ4n) is 12.4. The van der Waals surface area contributed by atoms with Crippen LogP contribution < -0.4 is 0 Å². The summed E-state index contributed by atoms with van der Waals surface area (Å²) in [5.41, 5.74) is 0. The highest BCUT2D eigenvalue weighted by Gasteiger charge is 2.29. The zero-order chi connectivity index (χ0) is 85.1. The van der Waals surface area contributed by atoms with Crippen molar-refractivity contribution >= 4 is 33.6 Å². The number of phosphoric ester groups is 2. The van der Waals surface area contributed by atoms with Crippen molar-refractivity contribution in [3.05, 3.63) is 170 Å². The molecule has 0 radical (unpaired) electrons. The van der Waals surface area contributed by atoms with Crippen LogP contribution in [0.5, 0.6) is 0 Å². The van der Waals surface area contributed by atoms with Crippen LogP contribution in [-0.4, -0.2) is 95.9 Å². The molecule has 0 amide bonds. The number of aliphatic hydroxyl groups excluding tert-OH is 2. The maximum Gasteiger partial charge on any atom is 0.472 e. The fourth-order valence-corrected chi connectivity index (χ4v) is 14.0. The summed E-state index contributed by atoms with van der Waals surface area (Å²) >= 11 is 0. The van der Waals surface area contributed by atoms with Gasteiger partial charge in [0.05, 0.1) is 26.4 Å². The van der Waals surface area contributed by atoms with E-state index in [9.17, 15) is 43.5 Å². The summed E-state index contributed by atoms with van der Waals surface area (Å²) in [5, 5.41) is 20.7. The predicted octanol–water partition coefficient (Wildman–Crippen LogP) is 28.7. The van der Waals surface area contributed by atoms with Gasteiger partial charge in [-0.15, -0.1) is 0 Å². The van der Waals surface area contributed by atoms with Gasteiger partial charge in [-0.05, 0) is 154 Å². The van der Waals surface area contributed by atoms with Crippen LogP contribution >= 0.6 is 15.6 Å². The van der Waals surface area contributed by atoms with Crippen LogP contribution in [-0.2, 0) is 55.8 Å². The molecule has 4 N–H and O–H groups in total. The van der Waals surface area contributed by atoms with Gasteiger partial charge in [-0.3, -0.25) is 32.5 Å². The SMILES string of the molecule is CC/C=C\C/C=C\C/C=C\C/C=C\C/C=C\C/C=C\CCCCCCCCCCC(=O)OCC(COP(=O)(O)OCC(O)COP(=O)(O)OCC(O)COC(=O)CCCCCCCCCCCCCCCCCCCCC/C=C\C/C=C\C/C=C\C/C=C\C/C=C\CC)OC(=O)CCCCCCCC/C=C\C/C=C\C/C=C\CCCCC. The molecule has 117 heavy (non-hydrogen) atoms. The summed E-state index contributed by atoms with van der Waals surface area (Å²) in [5.74, 6) is -1.59. The van der Waals surface area contributed by atoms with Crippen molar-refractivity contribution in [2.45, 2.75) is 399 Å². The van der Waals surface area contributed by atoms with E-state index in [0.29, 0.717) is 19.3 Å². The quantitative estimate of drug-likeness (QED) is 0.0146. The summed E-state index contributed by atoms with van der Waals surface area (Å²) in [6.07, 6.45) is 117. The van der Waals surface area contributed by atoms with Crippen LogP contribution in [0.1, 0.15) is 380 Å². The molecule has 670 valence electrons. The molecule has 0 saturated heterocycles. The molecule has 0 aliphatic heterocycles. The van der Waals surface area contributed by atoms with E-state index in [0.717, 1.165) is 193 Å². The second-order valence-electron chi connectivity index (χ2n) is 30.7. The number of aliphatic hydroxyl groups is 2. The van der Waals surface area contributed by atoms with E-state index in [1.807, 2.05) is 0 Å². The maximum atomic E-state index is 13.0. The number of allylic oxidation sites excluding steroid dienone is 28. The van der Waals surface area contributed by atoms with Gasteiger partial charge in [-0.2, -0.15) is 0 Å². The molecule has 0 rings (SSSR count). The minimum atomic E-state index is -4.95. The third-order valence-corrected chi connectivity index (χ3v) is 21.3. The van der Waals surface area contributed by atoms with Crippen LogP contribution in [0.15, 0.2) is 170 Å². The highest BCUT2D eigenvalue weighted by Crippen LogP contribution is 2.45. The van der Waals surface area contributed by atoms with Gasteiger partial charge in [0.2, 0.25) is 0 Å². The highest BCUT2D eigenvalue weighted by molar-refractivity contribution is 7.47. The lowest BCUT2D eigenvalue weighted by molar-refractivity contribution is -0.161. The minimum absolute atomic E-state index is 0.0840. The Kier molecular flexibility index (Phi) is 86.2. The van der Waals surface area contributed by atoms with Crippen molar-refractivity contribution in [2.75, 3.05) is 39.6 Å².